The lowest BCUT2D eigenvalue weighted by molar-refractivity contribution is -0.145. The molecule has 2 aromatic rings. The van der Waals surface area contributed by atoms with Gasteiger partial charge in [0.15, 0.2) is 0 Å². The zero-order chi connectivity index (χ0) is 17.3. The molecule has 124 valence electrons. The molecule has 5 heteroatoms. The third-order valence-electron chi connectivity index (χ3n) is 4.58. The number of hydrogen-bond donors (Lipinski definition) is 0. The van der Waals surface area contributed by atoms with Crippen LogP contribution >= 0.6 is 0 Å². The average Bonchev–Trinajstić information content (AvgIpc) is 3.03. The van der Waals surface area contributed by atoms with Crippen molar-refractivity contribution in [1.29, 1.82) is 0 Å². The minimum Gasteiger partial charge on any atom is -0.468 e. The fraction of sp³-hybridized carbons (Fsp3) is 0.263. The second-order valence-electron chi connectivity index (χ2n) is 5.94. The van der Waals surface area contributed by atoms with Gasteiger partial charge in [0, 0.05) is 6.20 Å². The van der Waals surface area contributed by atoms with Gasteiger partial charge in [-0.3, -0.25) is 9.78 Å². The first-order valence-corrected chi connectivity index (χ1v) is 7.64. The molecule has 1 aromatic carbocycles. The van der Waals surface area contributed by atoms with Gasteiger partial charge in [-0.15, -0.1) is 0 Å². The second-order valence-corrected chi connectivity index (χ2v) is 5.94. The molecule has 1 unspecified atom stereocenters. The summed E-state index contributed by atoms with van der Waals surface area (Å²) in [5.74, 6) is -1.26. The van der Waals surface area contributed by atoms with E-state index in [9.17, 15) is 13.6 Å². The number of rotatable bonds is 3. The van der Waals surface area contributed by atoms with Gasteiger partial charge in [0.05, 0.1) is 13.3 Å². The number of allylic oxidation sites excluding steroid dienone is 1. The molecule has 1 atom stereocenters. The third kappa shape index (κ3) is 2.60. The maximum Gasteiger partial charge on any atom is 0.320 e. The summed E-state index contributed by atoms with van der Waals surface area (Å²) in [4.78, 5) is 16.4. The van der Waals surface area contributed by atoms with E-state index in [1.54, 1.807) is 31.3 Å². The molecule has 24 heavy (non-hydrogen) atoms. The smallest absolute Gasteiger partial charge is 0.320 e. The van der Waals surface area contributed by atoms with Gasteiger partial charge in [0.1, 0.15) is 17.0 Å². The maximum absolute atomic E-state index is 14.0. The number of benzene rings is 1. The predicted octanol–water partition coefficient (Wildman–Crippen LogP) is 3.96. The highest BCUT2D eigenvalue weighted by Gasteiger charge is 2.44. The van der Waals surface area contributed by atoms with E-state index in [0.29, 0.717) is 29.5 Å². The number of hydrogen-bond acceptors (Lipinski definition) is 3. The Morgan fingerprint density at radius 3 is 2.79 bits per heavy atom. The van der Waals surface area contributed by atoms with Gasteiger partial charge in [-0.1, -0.05) is 18.2 Å². The monoisotopic (exact) mass is 329 g/mol. The fourth-order valence-corrected chi connectivity index (χ4v) is 3.34. The number of ether oxygens (including phenoxy) is 1. The Kier molecular flexibility index (Phi) is 4.18. The molecule has 0 saturated carbocycles. The van der Waals surface area contributed by atoms with E-state index in [2.05, 4.69) is 4.98 Å². The first kappa shape index (κ1) is 16.3. The third-order valence-corrected chi connectivity index (χ3v) is 4.58. The SMILES string of the molecule is COC(=O)C1(c2cccc(F)c2C)C=C(c2cncc(F)c2)CC1. The first-order chi connectivity index (χ1) is 11.5. The van der Waals surface area contributed by atoms with E-state index in [1.807, 2.05) is 0 Å². The van der Waals surface area contributed by atoms with Crippen molar-refractivity contribution >= 4 is 11.5 Å². The molecule has 0 aliphatic heterocycles. The molecule has 1 aromatic heterocycles. The van der Waals surface area contributed by atoms with Crippen LogP contribution < -0.4 is 0 Å². The Morgan fingerprint density at radius 2 is 2.08 bits per heavy atom. The summed E-state index contributed by atoms with van der Waals surface area (Å²) in [6.45, 7) is 1.64. The molecule has 0 spiro atoms. The van der Waals surface area contributed by atoms with Gasteiger partial charge >= 0.3 is 5.97 Å². The summed E-state index contributed by atoms with van der Waals surface area (Å²) in [6, 6.07) is 6.06. The predicted molar refractivity (Wildman–Crippen MR) is 86.2 cm³/mol. The second kappa shape index (κ2) is 6.15. The van der Waals surface area contributed by atoms with Crippen LogP contribution in [0.4, 0.5) is 8.78 Å². The molecular weight excluding hydrogens is 312 g/mol. The van der Waals surface area contributed by atoms with Gasteiger partial charge in [0.2, 0.25) is 0 Å². The van der Waals surface area contributed by atoms with Gasteiger partial charge < -0.3 is 4.74 Å². The normalized spacial score (nSPS) is 19.9. The van der Waals surface area contributed by atoms with Crippen molar-refractivity contribution < 1.29 is 18.3 Å². The molecule has 3 nitrogen and oxygen atoms in total. The summed E-state index contributed by atoms with van der Waals surface area (Å²) >= 11 is 0. The van der Waals surface area contributed by atoms with E-state index in [0.717, 1.165) is 11.8 Å². The quantitative estimate of drug-likeness (QED) is 0.800. The standard InChI is InChI=1S/C19H17F2NO2/c1-12-16(4-3-5-17(12)21)19(18(23)24-2)7-6-13(9-19)14-8-15(20)11-22-10-14/h3-5,8-11H,6-7H2,1-2H3. The molecule has 0 N–H and O–H groups in total. The van der Waals surface area contributed by atoms with Gasteiger partial charge in [0.25, 0.3) is 0 Å². The Bertz CT molecular complexity index is 832. The number of pyridine rings is 1. The molecule has 1 aliphatic carbocycles. The van der Waals surface area contributed by atoms with Gasteiger partial charge in [-0.05, 0) is 54.2 Å². The Labute approximate surface area is 139 Å². The number of carbonyl (C=O) groups is 1. The fourth-order valence-electron chi connectivity index (χ4n) is 3.34. The average molecular weight is 329 g/mol. The lowest BCUT2D eigenvalue weighted by Crippen LogP contribution is -2.34. The highest BCUT2D eigenvalue weighted by Crippen LogP contribution is 2.45. The molecule has 0 amide bonds. The molecule has 1 aliphatic rings. The van der Waals surface area contributed by atoms with Crippen LogP contribution in [0.15, 0.2) is 42.7 Å². The van der Waals surface area contributed by atoms with Crippen LogP contribution in [0.1, 0.15) is 29.5 Å². The first-order valence-electron chi connectivity index (χ1n) is 7.64. The number of carbonyl (C=O) groups excluding carboxylic acids is 1. The summed E-state index contributed by atoms with van der Waals surface area (Å²) in [6.07, 6.45) is 5.44. The van der Waals surface area contributed by atoms with Crippen LogP contribution in [0.5, 0.6) is 0 Å². The zero-order valence-corrected chi connectivity index (χ0v) is 13.5. The van der Waals surface area contributed by atoms with Gasteiger partial charge in [-0.2, -0.15) is 0 Å². The molecule has 1 heterocycles. The topological polar surface area (TPSA) is 39.2 Å². The highest BCUT2D eigenvalue weighted by molar-refractivity contribution is 5.91. The highest BCUT2D eigenvalue weighted by atomic mass is 19.1. The van der Waals surface area contributed by atoms with Crippen LogP contribution in [-0.2, 0) is 14.9 Å². The molecule has 0 saturated heterocycles. The van der Waals surface area contributed by atoms with E-state index < -0.39 is 17.2 Å². The van der Waals surface area contributed by atoms with E-state index >= 15 is 0 Å². The maximum atomic E-state index is 14.0. The van der Waals surface area contributed by atoms with E-state index in [1.165, 1.54) is 19.2 Å². The summed E-state index contributed by atoms with van der Waals surface area (Å²) in [5, 5.41) is 0. The Morgan fingerprint density at radius 1 is 1.29 bits per heavy atom. The van der Waals surface area contributed by atoms with Crippen molar-refractivity contribution in [3.05, 3.63) is 71.1 Å². The van der Waals surface area contributed by atoms with Crippen LogP contribution in [0.3, 0.4) is 0 Å². The molecular formula is C19H17F2NO2. The van der Waals surface area contributed by atoms with Crippen LogP contribution in [0.2, 0.25) is 0 Å². The van der Waals surface area contributed by atoms with Crippen LogP contribution in [-0.4, -0.2) is 18.1 Å². The number of nitrogens with zero attached hydrogens (tertiary/aromatic N) is 1. The van der Waals surface area contributed by atoms with Crippen molar-refractivity contribution in [3.63, 3.8) is 0 Å². The molecule has 3 rings (SSSR count). The van der Waals surface area contributed by atoms with E-state index in [-0.39, 0.29) is 5.82 Å². The molecule has 0 fully saturated rings. The lowest BCUT2D eigenvalue weighted by atomic mass is 9.77. The van der Waals surface area contributed by atoms with Crippen molar-refractivity contribution in [1.82, 2.24) is 4.98 Å². The van der Waals surface area contributed by atoms with Crippen molar-refractivity contribution in [2.24, 2.45) is 0 Å². The van der Waals surface area contributed by atoms with Gasteiger partial charge in [-0.25, -0.2) is 8.78 Å². The van der Waals surface area contributed by atoms with Crippen LogP contribution in [0.25, 0.3) is 5.57 Å². The molecule has 0 bridgehead atoms. The molecule has 0 radical (unpaired) electrons. The minimum absolute atomic E-state index is 0.370. The number of methoxy groups -OCH3 is 1. The number of aromatic nitrogens is 1. The van der Waals surface area contributed by atoms with E-state index in [4.69, 9.17) is 4.74 Å². The minimum atomic E-state index is -1.07. The number of halogens is 2. The Hall–Kier alpha value is -2.56. The summed E-state index contributed by atoms with van der Waals surface area (Å²) in [5.41, 5.74) is 1.35. The zero-order valence-electron chi connectivity index (χ0n) is 13.5. The number of esters is 1. The lowest BCUT2D eigenvalue weighted by Gasteiger charge is -2.26. The summed E-state index contributed by atoms with van der Waals surface area (Å²) < 4.78 is 32.5. The Balaban J connectivity index is 2.15. The van der Waals surface area contributed by atoms with Crippen molar-refractivity contribution in [2.45, 2.75) is 25.2 Å². The van der Waals surface area contributed by atoms with Crippen molar-refractivity contribution in [2.75, 3.05) is 7.11 Å². The van der Waals surface area contributed by atoms with Crippen LogP contribution in [0, 0.1) is 18.6 Å². The summed E-state index contributed by atoms with van der Waals surface area (Å²) in [7, 11) is 1.31. The largest absolute Gasteiger partial charge is 0.468 e. The van der Waals surface area contributed by atoms with Crippen molar-refractivity contribution in [3.8, 4) is 0 Å².